The molecule has 0 bridgehead atoms. The number of hydrogen-bond donors (Lipinski definition) is 7. The first kappa shape index (κ1) is 50.3. The molecule has 0 aliphatic carbocycles. The minimum Gasteiger partial charge on any atom is -0.481 e. The van der Waals surface area contributed by atoms with Crippen molar-refractivity contribution in [3.63, 3.8) is 0 Å². The van der Waals surface area contributed by atoms with Crippen molar-refractivity contribution in [1.29, 1.82) is 0 Å². The first-order chi connectivity index (χ1) is 27.5. The van der Waals surface area contributed by atoms with Crippen molar-refractivity contribution in [3.8, 4) is 0 Å². The Morgan fingerprint density at radius 2 is 1.02 bits per heavy atom. The second-order valence-electron chi connectivity index (χ2n) is 13.7. The molecule has 0 aliphatic rings. The van der Waals surface area contributed by atoms with Gasteiger partial charge in [0.15, 0.2) is 5.41 Å². The molecule has 0 spiro atoms. The van der Waals surface area contributed by atoms with Gasteiger partial charge in [0.1, 0.15) is 0 Å². The molecule has 14 nitrogen and oxygen atoms in total. The molecule has 0 saturated carbocycles. The summed E-state index contributed by atoms with van der Waals surface area (Å²) in [6, 6.07) is 19.1. The maximum absolute atomic E-state index is 11.6. The number of carboxylic acid groups (broad SMARTS) is 6. The number of carbonyl (C=O) groups is 7. The van der Waals surface area contributed by atoms with Crippen LogP contribution in [-0.4, -0.2) is 85.3 Å². The van der Waals surface area contributed by atoms with E-state index < -0.39 is 59.0 Å². The van der Waals surface area contributed by atoms with Crippen molar-refractivity contribution in [2.75, 3.05) is 12.9 Å². The van der Waals surface area contributed by atoms with Gasteiger partial charge >= 0.3 is 41.8 Å². The molecule has 0 fully saturated rings. The quantitative estimate of drug-likeness (QED) is 0.0294. The van der Waals surface area contributed by atoms with E-state index in [0.29, 0.717) is 49.8 Å². The van der Waals surface area contributed by atoms with Crippen LogP contribution in [0.2, 0.25) is 0 Å². The molecule has 2 atom stereocenters. The lowest BCUT2D eigenvalue weighted by Gasteiger charge is -2.25. The fourth-order valence-corrected chi connectivity index (χ4v) is 6.13. The Morgan fingerprint density at radius 3 is 1.40 bits per heavy atom. The maximum Gasteiger partial charge on any atom is 0.337 e. The van der Waals surface area contributed by atoms with Crippen LogP contribution in [-0.2, 0) is 43.2 Å². The lowest BCUT2D eigenvalue weighted by Crippen LogP contribution is -2.41. The third-order valence-electron chi connectivity index (χ3n) is 9.26. The molecule has 58 heavy (non-hydrogen) atoms. The van der Waals surface area contributed by atoms with Gasteiger partial charge in [-0.3, -0.25) is 19.2 Å². The standard InChI is InChI=1S/C16H20O6.C14H18O4.C13H16O4S/c1-3-4-8-16(14(18)19,15(20)21)10-11-6-5-7-12(9-11)13(17)22-2;1-2-3-6-11(13(15)16)8-10-5-4-7-12(9-10)14(17)18;14-12(15)10-4-1-3-9(7-10)8-11(13(16)17)5-2-6-18/h5-7,9H,3-4,8,10H2,1-2H3,(H,18,19)(H,20,21);4-5,7,9,11H,2-3,6,8H2,1H3,(H,15,16)(H,17,18);1,3-4,7,11,18H,2,5-6,8H2,(H,14,15)(H,16,17). The number of methoxy groups -OCH3 is 1. The van der Waals surface area contributed by atoms with Gasteiger partial charge in [-0.15, -0.1) is 0 Å². The van der Waals surface area contributed by atoms with Crippen LogP contribution < -0.4 is 0 Å². The smallest absolute Gasteiger partial charge is 0.337 e. The zero-order chi connectivity index (χ0) is 43.8. The van der Waals surface area contributed by atoms with Crippen molar-refractivity contribution in [2.45, 2.75) is 84.5 Å². The number of hydrogen-bond acceptors (Lipinski definition) is 9. The number of carboxylic acids is 6. The highest BCUT2D eigenvalue weighted by Crippen LogP contribution is 2.31. The topological polar surface area (TPSA) is 250 Å². The molecule has 3 aromatic rings. The first-order valence-corrected chi connectivity index (χ1v) is 19.4. The largest absolute Gasteiger partial charge is 0.481 e. The van der Waals surface area contributed by atoms with E-state index in [-0.39, 0.29) is 29.5 Å². The van der Waals surface area contributed by atoms with Gasteiger partial charge in [-0.2, -0.15) is 12.6 Å². The molecule has 3 aromatic carbocycles. The van der Waals surface area contributed by atoms with Gasteiger partial charge in [-0.25, -0.2) is 14.4 Å². The predicted octanol–water partition coefficient (Wildman–Crippen LogP) is 7.52. The highest BCUT2D eigenvalue weighted by molar-refractivity contribution is 7.80. The van der Waals surface area contributed by atoms with E-state index in [1.807, 2.05) is 13.8 Å². The molecule has 0 aromatic heterocycles. The summed E-state index contributed by atoms with van der Waals surface area (Å²) in [5.74, 6) is -7.20. The molecular weight excluding hydrogens is 773 g/mol. The third-order valence-corrected chi connectivity index (χ3v) is 9.57. The Labute approximate surface area is 343 Å². The van der Waals surface area contributed by atoms with Crippen LogP contribution in [0.1, 0.15) is 113 Å². The van der Waals surface area contributed by atoms with Crippen LogP contribution in [0.4, 0.5) is 0 Å². The van der Waals surface area contributed by atoms with Crippen molar-refractivity contribution < 1.29 is 68.9 Å². The van der Waals surface area contributed by atoms with E-state index in [9.17, 15) is 43.8 Å². The molecule has 2 unspecified atom stereocenters. The summed E-state index contributed by atoms with van der Waals surface area (Å²) in [6.07, 6.45) is 5.53. The molecule has 0 saturated heterocycles. The average molecular weight is 827 g/mol. The summed E-state index contributed by atoms with van der Waals surface area (Å²) in [6.45, 7) is 3.89. The van der Waals surface area contributed by atoms with Crippen LogP contribution in [0, 0.1) is 17.3 Å². The van der Waals surface area contributed by atoms with Crippen LogP contribution in [0.15, 0.2) is 72.8 Å². The Morgan fingerprint density at radius 1 is 0.603 bits per heavy atom. The minimum absolute atomic E-state index is 0.0383. The summed E-state index contributed by atoms with van der Waals surface area (Å²) in [5.41, 5.74) is 0.742. The predicted molar refractivity (Wildman–Crippen MR) is 218 cm³/mol. The number of ether oxygens (including phenoxy) is 1. The lowest BCUT2D eigenvalue weighted by atomic mass is 9.77. The maximum atomic E-state index is 11.6. The van der Waals surface area contributed by atoms with Crippen molar-refractivity contribution in [3.05, 3.63) is 106 Å². The van der Waals surface area contributed by atoms with E-state index in [1.165, 1.54) is 37.4 Å². The van der Waals surface area contributed by atoms with E-state index in [1.54, 1.807) is 42.5 Å². The van der Waals surface area contributed by atoms with Crippen LogP contribution >= 0.6 is 12.6 Å². The molecule has 316 valence electrons. The summed E-state index contributed by atoms with van der Waals surface area (Å²) < 4.78 is 4.61. The second kappa shape index (κ2) is 26.3. The molecule has 0 heterocycles. The second-order valence-corrected chi connectivity index (χ2v) is 14.1. The van der Waals surface area contributed by atoms with Gasteiger partial charge in [-0.05, 0) is 104 Å². The highest BCUT2D eigenvalue weighted by atomic mass is 32.1. The first-order valence-electron chi connectivity index (χ1n) is 18.8. The summed E-state index contributed by atoms with van der Waals surface area (Å²) in [7, 11) is 1.25. The fourth-order valence-electron chi connectivity index (χ4n) is 5.94. The van der Waals surface area contributed by atoms with Gasteiger partial charge < -0.3 is 35.4 Å². The zero-order valence-corrected chi connectivity index (χ0v) is 33.9. The Hall–Kier alpha value is -5.70. The average Bonchev–Trinajstić information content (AvgIpc) is 3.19. The van der Waals surface area contributed by atoms with Crippen LogP contribution in [0.25, 0.3) is 0 Å². The van der Waals surface area contributed by atoms with Crippen molar-refractivity contribution >= 4 is 54.4 Å². The normalized spacial score (nSPS) is 11.7. The van der Waals surface area contributed by atoms with E-state index in [4.69, 9.17) is 20.4 Å². The highest BCUT2D eigenvalue weighted by Gasteiger charge is 2.46. The number of esters is 1. The fraction of sp³-hybridized carbons (Fsp3) is 0.419. The number of carbonyl (C=O) groups excluding carboxylic acids is 1. The van der Waals surface area contributed by atoms with Crippen molar-refractivity contribution in [1.82, 2.24) is 0 Å². The molecule has 15 heteroatoms. The Kier molecular flexibility index (Phi) is 22.8. The number of unbranched alkanes of at least 4 members (excludes halogenated alkanes) is 2. The molecule has 3 rings (SSSR count). The molecule has 0 amide bonds. The van der Waals surface area contributed by atoms with E-state index >= 15 is 0 Å². The molecular formula is C43H54O14S. The van der Waals surface area contributed by atoms with E-state index in [0.717, 1.165) is 30.4 Å². The van der Waals surface area contributed by atoms with E-state index in [2.05, 4.69) is 17.4 Å². The van der Waals surface area contributed by atoms with Gasteiger partial charge in [0.2, 0.25) is 0 Å². The number of aliphatic carboxylic acids is 4. The number of benzene rings is 3. The number of aromatic carboxylic acids is 2. The summed E-state index contributed by atoms with van der Waals surface area (Å²) in [4.78, 5) is 78.5. The molecule has 0 aliphatic heterocycles. The van der Waals surface area contributed by atoms with Crippen LogP contribution in [0.5, 0.6) is 0 Å². The Bertz CT molecular complexity index is 1740. The summed E-state index contributed by atoms with van der Waals surface area (Å²) in [5, 5.41) is 54.8. The van der Waals surface area contributed by atoms with Gasteiger partial charge in [0.05, 0.1) is 35.6 Å². The van der Waals surface area contributed by atoms with Gasteiger partial charge in [0.25, 0.3) is 0 Å². The van der Waals surface area contributed by atoms with Crippen molar-refractivity contribution in [2.24, 2.45) is 17.3 Å². The monoisotopic (exact) mass is 826 g/mol. The molecule has 0 radical (unpaired) electrons. The SMILES string of the molecule is CCCCC(Cc1cccc(C(=O)O)c1)C(=O)O.CCCCC(Cc1cccc(C(=O)OC)c1)(C(=O)O)C(=O)O.O=C(O)c1cccc(CC(CCCS)C(=O)O)c1. The zero-order valence-electron chi connectivity index (χ0n) is 33.0. The minimum atomic E-state index is -1.88. The number of thiol groups is 1. The molecule has 6 N–H and O–H groups in total. The third kappa shape index (κ3) is 17.2. The number of rotatable bonds is 22. The van der Waals surface area contributed by atoms with Gasteiger partial charge in [-0.1, -0.05) is 75.9 Å². The Balaban J connectivity index is 0.000000438. The van der Waals surface area contributed by atoms with Crippen LogP contribution in [0.3, 0.4) is 0 Å². The lowest BCUT2D eigenvalue weighted by molar-refractivity contribution is -0.165. The van der Waals surface area contributed by atoms with Gasteiger partial charge in [0, 0.05) is 0 Å². The summed E-state index contributed by atoms with van der Waals surface area (Å²) >= 11 is 4.06.